The van der Waals surface area contributed by atoms with Crippen LogP contribution in [0.5, 0.6) is 0 Å². The first kappa shape index (κ1) is 19.4. The molecule has 3 aliphatic rings. The van der Waals surface area contributed by atoms with Crippen LogP contribution >= 0.6 is 11.8 Å². The third kappa shape index (κ3) is 4.89. The minimum atomic E-state index is -0.364. The zero-order chi connectivity index (χ0) is 19.3. The predicted molar refractivity (Wildman–Crippen MR) is 110 cm³/mol. The van der Waals surface area contributed by atoms with E-state index >= 15 is 0 Å². The van der Waals surface area contributed by atoms with Crippen molar-refractivity contribution in [2.45, 2.75) is 19.3 Å². The van der Waals surface area contributed by atoms with Crippen molar-refractivity contribution in [3.05, 3.63) is 22.9 Å². The van der Waals surface area contributed by atoms with Gasteiger partial charge in [0.05, 0.1) is 10.6 Å². The molecule has 1 aromatic rings. The highest BCUT2D eigenvalue weighted by molar-refractivity contribution is 8.18. The van der Waals surface area contributed by atoms with Gasteiger partial charge in [0.15, 0.2) is 0 Å². The normalized spacial score (nSPS) is 24.9. The minimum absolute atomic E-state index is 0.342. The van der Waals surface area contributed by atoms with Crippen molar-refractivity contribution in [3.8, 4) is 0 Å². The summed E-state index contributed by atoms with van der Waals surface area (Å²) in [6.07, 6.45) is 6.88. The molecule has 0 aromatic carbocycles. The second-order valence-electron chi connectivity index (χ2n) is 7.58. The predicted octanol–water partition coefficient (Wildman–Crippen LogP) is 1.22. The number of rotatable bonds is 6. The van der Waals surface area contributed by atoms with Crippen LogP contribution in [0.1, 0.15) is 25.0 Å². The molecule has 0 spiro atoms. The smallest absolute Gasteiger partial charge is 0.290 e. The number of aromatic nitrogens is 2. The van der Waals surface area contributed by atoms with Gasteiger partial charge in [-0.05, 0) is 81.2 Å². The summed E-state index contributed by atoms with van der Waals surface area (Å²) in [5.74, 6) is 1.80. The molecule has 4 rings (SSSR count). The Kier molecular flexibility index (Phi) is 6.23. The van der Waals surface area contributed by atoms with Gasteiger partial charge in [0, 0.05) is 19.3 Å². The Bertz CT molecular complexity index is 757. The van der Waals surface area contributed by atoms with E-state index in [1.165, 1.54) is 6.42 Å². The van der Waals surface area contributed by atoms with Crippen LogP contribution in [0, 0.1) is 11.8 Å². The molecular formula is C19H26N6O2S. The number of nitrogens with one attached hydrogen (secondary N) is 3. The Hall–Kier alpha value is -1.97. The average Bonchev–Trinajstić information content (AvgIpc) is 3.32. The molecule has 8 nitrogen and oxygen atoms in total. The van der Waals surface area contributed by atoms with E-state index in [-0.39, 0.29) is 11.1 Å². The third-order valence-corrected chi connectivity index (χ3v) is 6.32. The van der Waals surface area contributed by atoms with Gasteiger partial charge in [-0.25, -0.2) is 9.97 Å². The molecule has 9 heteroatoms. The molecule has 0 bridgehead atoms. The summed E-state index contributed by atoms with van der Waals surface area (Å²) in [5.41, 5.74) is 0.645. The van der Waals surface area contributed by atoms with E-state index in [4.69, 9.17) is 0 Å². The van der Waals surface area contributed by atoms with Crippen molar-refractivity contribution in [2.75, 3.05) is 44.2 Å². The molecule has 1 atom stereocenters. The lowest BCUT2D eigenvalue weighted by Gasteiger charge is -2.32. The standard InChI is InChI=1S/C19H26N6O2S/c26-17-16(28-19(27)24-17)9-15-2-6-22-18(23-15)25-7-3-13(4-8-25)10-21-12-14-1-5-20-11-14/h2,6,9,13-14,20-21H,1,3-5,7-8,10-12H2,(H,24,26,27). The van der Waals surface area contributed by atoms with Gasteiger partial charge in [0.25, 0.3) is 11.1 Å². The molecule has 0 radical (unpaired) electrons. The first-order valence-corrected chi connectivity index (χ1v) is 10.7. The van der Waals surface area contributed by atoms with Gasteiger partial charge in [-0.15, -0.1) is 0 Å². The summed E-state index contributed by atoms with van der Waals surface area (Å²) in [6.45, 7) is 6.36. The van der Waals surface area contributed by atoms with Crippen LogP contribution in [0.3, 0.4) is 0 Å². The van der Waals surface area contributed by atoms with Crippen molar-refractivity contribution in [1.82, 2.24) is 25.9 Å². The third-order valence-electron chi connectivity index (χ3n) is 5.51. The number of piperidine rings is 1. The second-order valence-corrected chi connectivity index (χ2v) is 8.60. The van der Waals surface area contributed by atoms with Crippen LogP contribution in [-0.2, 0) is 4.79 Å². The monoisotopic (exact) mass is 402 g/mol. The zero-order valence-corrected chi connectivity index (χ0v) is 16.6. The highest BCUT2D eigenvalue weighted by Gasteiger charge is 2.26. The number of thioether (sulfide) groups is 1. The molecular weight excluding hydrogens is 376 g/mol. The number of nitrogens with zero attached hydrogens (tertiary/aromatic N) is 3. The number of hydrogen-bond donors (Lipinski definition) is 3. The van der Waals surface area contributed by atoms with E-state index in [0.29, 0.717) is 22.5 Å². The summed E-state index contributed by atoms with van der Waals surface area (Å²) < 4.78 is 0. The second kappa shape index (κ2) is 9.02. The molecule has 1 unspecified atom stereocenters. The van der Waals surface area contributed by atoms with Crippen molar-refractivity contribution in [2.24, 2.45) is 11.8 Å². The number of anilines is 1. The maximum absolute atomic E-state index is 11.7. The first-order valence-electron chi connectivity index (χ1n) is 9.91. The van der Waals surface area contributed by atoms with Crippen LogP contribution in [0.2, 0.25) is 0 Å². The molecule has 150 valence electrons. The van der Waals surface area contributed by atoms with Crippen molar-refractivity contribution in [3.63, 3.8) is 0 Å². The fraction of sp³-hybridized carbons (Fsp3) is 0.579. The maximum atomic E-state index is 11.7. The van der Waals surface area contributed by atoms with Gasteiger partial charge in [0.2, 0.25) is 5.95 Å². The largest absolute Gasteiger partial charge is 0.341 e. The number of imide groups is 1. The van der Waals surface area contributed by atoms with Crippen molar-refractivity contribution >= 4 is 34.9 Å². The average molecular weight is 403 g/mol. The van der Waals surface area contributed by atoms with Crippen LogP contribution in [-0.4, -0.2) is 60.4 Å². The first-order chi connectivity index (χ1) is 13.7. The van der Waals surface area contributed by atoms with Crippen molar-refractivity contribution in [1.29, 1.82) is 0 Å². The van der Waals surface area contributed by atoms with Crippen LogP contribution < -0.4 is 20.9 Å². The SMILES string of the molecule is O=C1NC(=O)C(=Cc2ccnc(N3CCC(CNCC4CCNC4)CC3)n2)S1. The molecule has 1 aromatic heterocycles. The highest BCUT2D eigenvalue weighted by Crippen LogP contribution is 2.26. The molecule has 3 N–H and O–H groups in total. The van der Waals surface area contributed by atoms with Crippen LogP contribution in [0.25, 0.3) is 6.08 Å². The Balaban J connectivity index is 1.28. The Labute approximate surface area is 168 Å². The minimum Gasteiger partial charge on any atom is -0.341 e. The highest BCUT2D eigenvalue weighted by atomic mass is 32.2. The zero-order valence-electron chi connectivity index (χ0n) is 15.8. The van der Waals surface area contributed by atoms with Gasteiger partial charge in [-0.2, -0.15) is 0 Å². The van der Waals surface area contributed by atoms with Crippen LogP contribution in [0.15, 0.2) is 17.2 Å². The lowest BCUT2D eigenvalue weighted by molar-refractivity contribution is -0.115. The molecule has 0 saturated carbocycles. The van der Waals surface area contributed by atoms with Gasteiger partial charge in [-0.1, -0.05) is 0 Å². The van der Waals surface area contributed by atoms with Gasteiger partial charge in [0.1, 0.15) is 0 Å². The molecule has 0 aliphatic carbocycles. The van der Waals surface area contributed by atoms with Gasteiger partial charge < -0.3 is 15.5 Å². The number of hydrogen-bond acceptors (Lipinski definition) is 8. The van der Waals surface area contributed by atoms with Crippen molar-refractivity contribution < 1.29 is 9.59 Å². The molecule has 3 fully saturated rings. The molecule has 4 heterocycles. The summed E-state index contributed by atoms with van der Waals surface area (Å²) >= 11 is 0.903. The topological polar surface area (TPSA) is 99.2 Å². The quantitative estimate of drug-likeness (QED) is 0.611. The molecule has 3 aliphatic heterocycles. The van der Waals surface area contributed by atoms with E-state index in [1.54, 1.807) is 18.3 Å². The number of carbonyl (C=O) groups excluding carboxylic acids is 2. The number of amides is 2. The molecule has 2 amide bonds. The summed E-state index contributed by atoms with van der Waals surface area (Å²) in [4.78, 5) is 34.5. The van der Waals surface area contributed by atoms with E-state index in [9.17, 15) is 9.59 Å². The Morgan fingerprint density at radius 1 is 1.21 bits per heavy atom. The maximum Gasteiger partial charge on any atom is 0.290 e. The lowest BCUT2D eigenvalue weighted by Crippen LogP contribution is -2.39. The van der Waals surface area contributed by atoms with E-state index in [2.05, 4.69) is 30.8 Å². The lowest BCUT2D eigenvalue weighted by atomic mass is 9.96. The van der Waals surface area contributed by atoms with Gasteiger partial charge in [-0.3, -0.25) is 14.9 Å². The van der Waals surface area contributed by atoms with E-state index in [0.717, 1.165) is 69.8 Å². The molecule has 3 saturated heterocycles. The van der Waals surface area contributed by atoms with Crippen LogP contribution in [0.4, 0.5) is 10.7 Å². The fourth-order valence-electron chi connectivity index (χ4n) is 3.87. The summed E-state index contributed by atoms with van der Waals surface area (Å²) in [7, 11) is 0. The number of carbonyl (C=O) groups is 2. The summed E-state index contributed by atoms with van der Waals surface area (Å²) in [6, 6.07) is 1.75. The van der Waals surface area contributed by atoms with E-state index in [1.807, 2.05) is 0 Å². The Morgan fingerprint density at radius 2 is 2.04 bits per heavy atom. The fourth-order valence-corrected chi connectivity index (χ4v) is 4.53. The van der Waals surface area contributed by atoms with E-state index < -0.39 is 0 Å². The Morgan fingerprint density at radius 3 is 2.75 bits per heavy atom. The molecule has 28 heavy (non-hydrogen) atoms. The van der Waals surface area contributed by atoms with Gasteiger partial charge >= 0.3 is 0 Å². The summed E-state index contributed by atoms with van der Waals surface area (Å²) in [5, 5.41) is 8.97.